The van der Waals surface area contributed by atoms with Gasteiger partial charge in [0, 0.05) is 17.3 Å². The maximum absolute atomic E-state index is 11.2. The maximum atomic E-state index is 11.2. The number of rotatable bonds is 7. The number of aromatic hydroxyl groups is 1. The molecule has 0 aliphatic heterocycles. The van der Waals surface area contributed by atoms with Crippen molar-refractivity contribution in [1.82, 2.24) is 9.97 Å². The van der Waals surface area contributed by atoms with Gasteiger partial charge in [0.05, 0.1) is 11.0 Å². The average molecular weight is 402 g/mol. The summed E-state index contributed by atoms with van der Waals surface area (Å²) in [7, 11) is 0. The fraction of sp³-hybridized carbons (Fsp3) is 0.111. The van der Waals surface area contributed by atoms with Gasteiger partial charge in [0.15, 0.2) is 0 Å². The van der Waals surface area contributed by atoms with Gasteiger partial charge in [-0.3, -0.25) is 10.1 Å². The fourth-order valence-corrected chi connectivity index (χ4v) is 2.53. The van der Waals surface area contributed by atoms with Crippen molar-refractivity contribution in [2.75, 3.05) is 17.2 Å². The van der Waals surface area contributed by atoms with Crippen LogP contribution in [0.2, 0.25) is 5.02 Å². The van der Waals surface area contributed by atoms with Crippen LogP contribution in [0, 0.1) is 10.1 Å². The lowest BCUT2D eigenvalue weighted by Crippen LogP contribution is -2.15. The summed E-state index contributed by atoms with van der Waals surface area (Å²) in [6.07, 6.45) is 0.0725. The van der Waals surface area contributed by atoms with Crippen molar-refractivity contribution in [1.29, 1.82) is 0 Å². The molecule has 0 amide bonds. The maximum Gasteiger partial charge on any atom is 0.329 e. The zero-order chi connectivity index (χ0) is 20.1. The van der Waals surface area contributed by atoms with Crippen LogP contribution in [0.3, 0.4) is 0 Å². The molecule has 3 aromatic rings. The quantitative estimate of drug-likeness (QED) is 0.348. The summed E-state index contributed by atoms with van der Waals surface area (Å²) >= 11 is 5.84. The third kappa shape index (κ3) is 4.84. The van der Waals surface area contributed by atoms with Crippen LogP contribution >= 0.6 is 11.6 Å². The molecule has 2 aromatic carbocycles. The molecule has 0 fully saturated rings. The lowest BCUT2D eigenvalue weighted by atomic mass is 10.1. The number of anilines is 3. The van der Waals surface area contributed by atoms with Crippen LogP contribution in [0.15, 0.2) is 54.7 Å². The van der Waals surface area contributed by atoms with Crippen molar-refractivity contribution in [3.63, 3.8) is 0 Å². The molecule has 1 aromatic heterocycles. The van der Waals surface area contributed by atoms with Crippen LogP contribution in [0.5, 0.6) is 5.75 Å². The summed E-state index contributed by atoms with van der Waals surface area (Å²) in [5, 5.41) is 37.2. The van der Waals surface area contributed by atoms with Crippen LogP contribution in [-0.4, -0.2) is 31.6 Å². The standard InChI is InChI=1S/C18H16ClN5O4/c19-12-4-6-13(7-5-12)22-18-21-9-15(24(27)28)17(23-18)20-10-16(26)11-2-1-3-14(25)8-11/h1-9,16,25-26H,10H2,(H2,20,21,22,23). The number of aliphatic hydroxyl groups is 1. The van der Waals surface area contributed by atoms with Gasteiger partial charge in [-0.1, -0.05) is 23.7 Å². The lowest BCUT2D eigenvalue weighted by molar-refractivity contribution is -0.384. The summed E-state index contributed by atoms with van der Waals surface area (Å²) in [4.78, 5) is 18.7. The molecule has 0 bridgehead atoms. The van der Waals surface area contributed by atoms with Crippen molar-refractivity contribution < 1.29 is 15.1 Å². The highest BCUT2D eigenvalue weighted by molar-refractivity contribution is 6.30. The highest BCUT2D eigenvalue weighted by Crippen LogP contribution is 2.25. The number of phenolic OH excluding ortho intramolecular Hbond substituents is 1. The molecule has 9 nitrogen and oxygen atoms in total. The molecular formula is C18H16ClN5O4. The number of halogens is 1. The molecule has 144 valence electrons. The number of hydrogen-bond donors (Lipinski definition) is 4. The molecule has 0 spiro atoms. The monoisotopic (exact) mass is 401 g/mol. The van der Waals surface area contributed by atoms with Gasteiger partial charge in [-0.05, 0) is 42.0 Å². The van der Waals surface area contributed by atoms with Crippen LogP contribution in [0.4, 0.5) is 23.1 Å². The van der Waals surface area contributed by atoms with E-state index in [-0.39, 0.29) is 29.7 Å². The number of aliphatic hydroxyl groups excluding tert-OH is 1. The van der Waals surface area contributed by atoms with Crippen molar-refractivity contribution in [2.24, 2.45) is 0 Å². The number of benzene rings is 2. The number of aromatic nitrogens is 2. The molecule has 1 atom stereocenters. The average Bonchev–Trinajstić information content (AvgIpc) is 2.68. The third-order valence-corrected chi connectivity index (χ3v) is 4.04. The molecule has 1 unspecified atom stereocenters. The number of hydrogen-bond acceptors (Lipinski definition) is 8. The summed E-state index contributed by atoms with van der Waals surface area (Å²) < 4.78 is 0. The van der Waals surface area contributed by atoms with E-state index in [0.29, 0.717) is 16.3 Å². The predicted octanol–water partition coefficient (Wildman–Crippen LogP) is 3.63. The molecule has 28 heavy (non-hydrogen) atoms. The summed E-state index contributed by atoms with van der Waals surface area (Å²) in [5.74, 6) is 0.108. The third-order valence-electron chi connectivity index (χ3n) is 3.78. The Kier molecular flexibility index (Phi) is 5.87. The minimum absolute atomic E-state index is 0.0130. The molecule has 0 aliphatic carbocycles. The zero-order valence-electron chi connectivity index (χ0n) is 14.4. The second-order valence-electron chi connectivity index (χ2n) is 5.81. The van der Waals surface area contributed by atoms with Gasteiger partial charge in [-0.2, -0.15) is 4.98 Å². The van der Waals surface area contributed by atoms with Gasteiger partial charge in [0.1, 0.15) is 11.9 Å². The number of phenols is 1. The van der Waals surface area contributed by atoms with Crippen molar-refractivity contribution in [2.45, 2.75) is 6.10 Å². The van der Waals surface area contributed by atoms with Crippen LogP contribution in [0.1, 0.15) is 11.7 Å². The molecule has 4 N–H and O–H groups in total. The molecule has 10 heteroatoms. The second-order valence-corrected chi connectivity index (χ2v) is 6.24. The van der Waals surface area contributed by atoms with Crippen molar-refractivity contribution in [3.05, 3.63) is 75.4 Å². The Hall–Kier alpha value is -3.43. The number of nitrogens with one attached hydrogen (secondary N) is 2. The van der Waals surface area contributed by atoms with E-state index in [1.165, 1.54) is 12.1 Å². The highest BCUT2D eigenvalue weighted by Gasteiger charge is 2.19. The Bertz CT molecular complexity index is 984. The topological polar surface area (TPSA) is 133 Å². The smallest absolute Gasteiger partial charge is 0.329 e. The zero-order valence-corrected chi connectivity index (χ0v) is 15.2. The first kappa shape index (κ1) is 19.3. The minimum Gasteiger partial charge on any atom is -0.508 e. The Labute approximate surface area is 164 Å². The van der Waals surface area contributed by atoms with Gasteiger partial charge >= 0.3 is 5.69 Å². The Morgan fingerprint density at radius 3 is 2.64 bits per heavy atom. The normalized spacial score (nSPS) is 11.6. The highest BCUT2D eigenvalue weighted by atomic mass is 35.5. The van der Waals surface area contributed by atoms with E-state index in [9.17, 15) is 20.3 Å². The van der Waals surface area contributed by atoms with E-state index in [1.807, 2.05) is 0 Å². The molecule has 0 aliphatic rings. The van der Waals surface area contributed by atoms with Gasteiger partial charge in [0.25, 0.3) is 0 Å². The first-order valence-electron chi connectivity index (χ1n) is 8.17. The Morgan fingerprint density at radius 1 is 1.21 bits per heavy atom. The van der Waals surface area contributed by atoms with Crippen molar-refractivity contribution in [3.8, 4) is 5.75 Å². The summed E-state index contributed by atoms with van der Waals surface area (Å²) in [6, 6.07) is 12.9. The fourth-order valence-electron chi connectivity index (χ4n) is 2.40. The Morgan fingerprint density at radius 2 is 1.96 bits per heavy atom. The van der Waals surface area contributed by atoms with Crippen LogP contribution < -0.4 is 10.6 Å². The van der Waals surface area contributed by atoms with E-state index >= 15 is 0 Å². The Balaban J connectivity index is 1.77. The van der Waals surface area contributed by atoms with Gasteiger partial charge in [0.2, 0.25) is 11.8 Å². The SMILES string of the molecule is O=[N+]([O-])c1cnc(Nc2ccc(Cl)cc2)nc1NCC(O)c1cccc(O)c1. The first-order valence-corrected chi connectivity index (χ1v) is 8.55. The lowest BCUT2D eigenvalue weighted by Gasteiger charge is -2.13. The van der Waals surface area contributed by atoms with E-state index in [4.69, 9.17) is 11.6 Å². The predicted molar refractivity (Wildman–Crippen MR) is 105 cm³/mol. The minimum atomic E-state index is -1.01. The molecular weight excluding hydrogens is 386 g/mol. The van der Waals surface area contributed by atoms with Gasteiger partial charge in [-0.15, -0.1) is 0 Å². The molecule has 0 saturated heterocycles. The number of nitro groups is 1. The van der Waals surface area contributed by atoms with Gasteiger partial charge < -0.3 is 20.8 Å². The van der Waals surface area contributed by atoms with E-state index < -0.39 is 11.0 Å². The summed E-state index contributed by atoms with van der Waals surface area (Å²) in [5.41, 5.74) is 0.789. The van der Waals surface area contributed by atoms with Gasteiger partial charge in [-0.25, -0.2) is 4.98 Å². The van der Waals surface area contributed by atoms with Crippen LogP contribution in [-0.2, 0) is 0 Å². The molecule has 1 heterocycles. The molecule has 0 radical (unpaired) electrons. The van der Waals surface area contributed by atoms with E-state index in [1.54, 1.807) is 36.4 Å². The first-order chi connectivity index (χ1) is 13.4. The number of nitrogens with zero attached hydrogens (tertiary/aromatic N) is 3. The summed E-state index contributed by atoms with van der Waals surface area (Å²) in [6.45, 7) is -0.0539. The van der Waals surface area contributed by atoms with E-state index in [0.717, 1.165) is 6.20 Å². The van der Waals surface area contributed by atoms with Crippen LogP contribution in [0.25, 0.3) is 0 Å². The molecule has 0 saturated carbocycles. The second kappa shape index (κ2) is 8.51. The largest absolute Gasteiger partial charge is 0.508 e. The molecule has 3 rings (SSSR count). The van der Waals surface area contributed by atoms with Crippen molar-refractivity contribution >= 4 is 34.7 Å². The van der Waals surface area contributed by atoms with E-state index in [2.05, 4.69) is 20.6 Å².